The smallest absolute Gasteiger partial charge is 0.306 e. The van der Waals surface area contributed by atoms with Crippen LogP contribution in [0.1, 0.15) is 5.69 Å². The highest BCUT2D eigenvalue weighted by Crippen LogP contribution is 2.26. The van der Waals surface area contributed by atoms with Crippen LogP contribution in [-0.2, 0) is 5.88 Å². The van der Waals surface area contributed by atoms with Crippen molar-refractivity contribution in [3.63, 3.8) is 0 Å². The molecule has 3 rings (SSSR count). The molecule has 6 heteroatoms. The van der Waals surface area contributed by atoms with E-state index in [1.807, 2.05) is 23.6 Å². The van der Waals surface area contributed by atoms with E-state index in [0.717, 1.165) is 27.3 Å². The van der Waals surface area contributed by atoms with Gasteiger partial charge in [-0.15, -0.1) is 22.9 Å². The van der Waals surface area contributed by atoms with E-state index < -0.39 is 0 Å². The normalized spacial score (nSPS) is 11.1. The number of aromatic amines is 2. The molecule has 17 heavy (non-hydrogen) atoms. The molecule has 0 aliphatic heterocycles. The van der Waals surface area contributed by atoms with E-state index >= 15 is 0 Å². The lowest BCUT2D eigenvalue weighted by Gasteiger charge is -1.95. The van der Waals surface area contributed by atoms with Crippen molar-refractivity contribution < 1.29 is 0 Å². The van der Waals surface area contributed by atoms with Crippen LogP contribution in [0, 0.1) is 0 Å². The molecule has 4 nitrogen and oxygen atoms in total. The molecule has 2 heterocycles. The first-order valence-electron chi connectivity index (χ1n) is 4.99. The fourth-order valence-corrected chi connectivity index (χ4v) is 2.71. The molecular weight excluding hydrogens is 258 g/mol. The number of thiazole rings is 1. The van der Waals surface area contributed by atoms with Gasteiger partial charge in [-0.1, -0.05) is 0 Å². The molecule has 0 radical (unpaired) electrons. The molecule has 0 saturated carbocycles. The molecule has 0 amide bonds. The maximum atomic E-state index is 11.1. The van der Waals surface area contributed by atoms with Crippen molar-refractivity contribution in [1.82, 2.24) is 15.0 Å². The summed E-state index contributed by atoms with van der Waals surface area (Å²) in [4.78, 5) is 21.0. The molecule has 0 aliphatic carbocycles. The fraction of sp³-hybridized carbons (Fsp3) is 0.0909. The number of fused-ring (bicyclic) bond motifs is 1. The van der Waals surface area contributed by atoms with Crippen molar-refractivity contribution in [1.29, 1.82) is 0 Å². The van der Waals surface area contributed by atoms with Gasteiger partial charge in [0.2, 0.25) is 0 Å². The Bertz CT molecular complexity index is 727. The van der Waals surface area contributed by atoms with E-state index in [1.54, 1.807) is 11.3 Å². The van der Waals surface area contributed by atoms with E-state index in [4.69, 9.17) is 11.6 Å². The Morgan fingerprint density at radius 3 is 2.88 bits per heavy atom. The van der Waals surface area contributed by atoms with Gasteiger partial charge in [-0.05, 0) is 18.2 Å². The molecule has 0 saturated heterocycles. The zero-order valence-electron chi connectivity index (χ0n) is 8.66. The molecule has 0 aliphatic rings. The Morgan fingerprint density at radius 1 is 1.29 bits per heavy atom. The van der Waals surface area contributed by atoms with Crippen molar-refractivity contribution in [3.05, 3.63) is 39.8 Å². The molecule has 3 aromatic rings. The molecule has 2 N–H and O–H groups in total. The topological polar surface area (TPSA) is 61.5 Å². The summed E-state index contributed by atoms with van der Waals surface area (Å²) in [6.07, 6.45) is 0. The van der Waals surface area contributed by atoms with Gasteiger partial charge in [-0.25, -0.2) is 9.78 Å². The van der Waals surface area contributed by atoms with Crippen LogP contribution in [0.25, 0.3) is 21.6 Å². The molecule has 86 valence electrons. The summed E-state index contributed by atoms with van der Waals surface area (Å²) in [6, 6.07) is 5.71. The third kappa shape index (κ3) is 1.87. The summed E-state index contributed by atoms with van der Waals surface area (Å²) in [5.74, 6) is 0.416. The van der Waals surface area contributed by atoms with Crippen LogP contribution in [0.2, 0.25) is 0 Å². The van der Waals surface area contributed by atoms with E-state index in [0.29, 0.717) is 5.88 Å². The van der Waals surface area contributed by atoms with Crippen LogP contribution in [0.4, 0.5) is 0 Å². The number of halogens is 1. The molecule has 0 spiro atoms. The van der Waals surface area contributed by atoms with E-state index in [9.17, 15) is 4.79 Å². The summed E-state index contributed by atoms with van der Waals surface area (Å²) in [7, 11) is 0. The van der Waals surface area contributed by atoms with Crippen LogP contribution in [0.3, 0.4) is 0 Å². The average molecular weight is 266 g/mol. The van der Waals surface area contributed by atoms with Crippen molar-refractivity contribution >= 4 is 34.0 Å². The fourth-order valence-electron chi connectivity index (χ4n) is 1.67. The minimum Gasteiger partial charge on any atom is -0.306 e. The molecule has 0 unspecified atom stereocenters. The van der Waals surface area contributed by atoms with Crippen LogP contribution < -0.4 is 5.69 Å². The zero-order valence-corrected chi connectivity index (χ0v) is 10.2. The standard InChI is InChI=1S/C11H8ClN3OS/c12-4-7-5-17-10(13-7)6-1-2-8-9(3-6)15-11(16)14-8/h1-3,5H,4H2,(H2,14,15,16). The third-order valence-corrected chi connectivity index (χ3v) is 3.67. The summed E-state index contributed by atoms with van der Waals surface area (Å²) in [6.45, 7) is 0. The summed E-state index contributed by atoms with van der Waals surface area (Å²) in [5, 5.41) is 2.84. The summed E-state index contributed by atoms with van der Waals surface area (Å²) < 4.78 is 0. The van der Waals surface area contributed by atoms with E-state index in [1.165, 1.54) is 0 Å². The summed E-state index contributed by atoms with van der Waals surface area (Å²) in [5.41, 5.74) is 3.24. The van der Waals surface area contributed by atoms with Crippen LogP contribution >= 0.6 is 22.9 Å². The number of nitrogens with one attached hydrogen (secondary N) is 2. The number of hydrogen-bond donors (Lipinski definition) is 2. The number of hydrogen-bond acceptors (Lipinski definition) is 3. The van der Waals surface area contributed by atoms with Crippen molar-refractivity contribution in [3.8, 4) is 10.6 Å². The zero-order chi connectivity index (χ0) is 11.8. The molecule has 1 aromatic carbocycles. The number of aromatic nitrogens is 3. The lowest BCUT2D eigenvalue weighted by Crippen LogP contribution is -1.99. The van der Waals surface area contributed by atoms with Gasteiger partial charge >= 0.3 is 5.69 Å². The first kappa shape index (κ1) is 10.6. The van der Waals surface area contributed by atoms with Crippen LogP contribution in [0.15, 0.2) is 28.4 Å². The lowest BCUT2D eigenvalue weighted by molar-refractivity contribution is 1.21. The van der Waals surface area contributed by atoms with Gasteiger partial charge in [0.15, 0.2) is 0 Å². The highest BCUT2D eigenvalue weighted by Gasteiger charge is 2.06. The maximum Gasteiger partial charge on any atom is 0.323 e. The first-order valence-corrected chi connectivity index (χ1v) is 6.40. The second kappa shape index (κ2) is 4.01. The van der Waals surface area contributed by atoms with Gasteiger partial charge in [0.25, 0.3) is 0 Å². The van der Waals surface area contributed by atoms with Crippen LogP contribution in [-0.4, -0.2) is 15.0 Å². The minimum atomic E-state index is -0.197. The quantitative estimate of drug-likeness (QED) is 0.700. The van der Waals surface area contributed by atoms with Crippen molar-refractivity contribution in [2.45, 2.75) is 5.88 Å². The number of benzene rings is 1. The Labute approximate surface area is 105 Å². The molecule has 2 aromatic heterocycles. The van der Waals surface area contributed by atoms with Gasteiger partial charge in [0.05, 0.1) is 22.6 Å². The number of rotatable bonds is 2. The molecule has 0 fully saturated rings. The highest BCUT2D eigenvalue weighted by atomic mass is 35.5. The van der Waals surface area contributed by atoms with Gasteiger partial charge in [-0.3, -0.25) is 0 Å². The Morgan fingerprint density at radius 2 is 2.12 bits per heavy atom. The predicted molar refractivity (Wildman–Crippen MR) is 69.6 cm³/mol. The number of imidazole rings is 1. The minimum absolute atomic E-state index is 0.197. The van der Waals surface area contributed by atoms with Gasteiger partial charge in [0, 0.05) is 10.9 Å². The van der Waals surface area contributed by atoms with Gasteiger partial charge in [-0.2, -0.15) is 0 Å². The first-order chi connectivity index (χ1) is 8.26. The Balaban J connectivity index is 2.13. The van der Waals surface area contributed by atoms with E-state index in [2.05, 4.69) is 15.0 Å². The third-order valence-electron chi connectivity index (χ3n) is 2.45. The highest BCUT2D eigenvalue weighted by molar-refractivity contribution is 7.13. The lowest BCUT2D eigenvalue weighted by atomic mass is 10.2. The maximum absolute atomic E-state index is 11.1. The number of H-pyrrole nitrogens is 2. The second-order valence-electron chi connectivity index (χ2n) is 3.62. The van der Waals surface area contributed by atoms with Crippen LogP contribution in [0.5, 0.6) is 0 Å². The predicted octanol–water partition coefficient (Wildman–Crippen LogP) is 2.72. The molecule has 0 bridgehead atoms. The largest absolute Gasteiger partial charge is 0.323 e. The number of alkyl halides is 1. The number of nitrogens with zero attached hydrogens (tertiary/aromatic N) is 1. The Hall–Kier alpha value is -1.59. The Kier molecular flexibility index (Phi) is 2.49. The second-order valence-corrected chi connectivity index (χ2v) is 4.74. The van der Waals surface area contributed by atoms with Crippen molar-refractivity contribution in [2.24, 2.45) is 0 Å². The summed E-state index contributed by atoms with van der Waals surface area (Å²) >= 11 is 7.26. The molecule has 0 atom stereocenters. The monoisotopic (exact) mass is 265 g/mol. The van der Waals surface area contributed by atoms with Crippen molar-refractivity contribution in [2.75, 3.05) is 0 Å². The van der Waals surface area contributed by atoms with Gasteiger partial charge < -0.3 is 9.97 Å². The molecular formula is C11H8ClN3OS. The average Bonchev–Trinajstić information content (AvgIpc) is 2.92. The SMILES string of the molecule is O=c1[nH]c2ccc(-c3nc(CCl)cs3)cc2[nH]1. The van der Waals surface area contributed by atoms with E-state index in [-0.39, 0.29) is 5.69 Å². The van der Waals surface area contributed by atoms with Gasteiger partial charge in [0.1, 0.15) is 5.01 Å².